The summed E-state index contributed by atoms with van der Waals surface area (Å²) in [6, 6.07) is 5.09. The zero-order valence-electron chi connectivity index (χ0n) is 18.3. The van der Waals surface area contributed by atoms with Gasteiger partial charge in [-0.15, -0.1) is 0 Å². The molecule has 1 aromatic heterocycles. The molecule has 2 aromatic rings. The molecule has 1 aromatic carbocycles. The van der Waals surface area contributed by atoms with E-state index >= 15 is 0 Å². The predicted octanol–water partition coefficient (Wildman–Crippen LogP) is 2.66. The Kier molecular flexibility index (Phi) is 8.36. The molecular weight excluding hydrogens is 434 g/mol. The van der Waals surface area contributed by atoms with Crippen LogP contribution in [0.4, 0.5) is 10.8 Å². The van der Waals surface area contributed by atoms with E-state index in [0.717, 1.165) is 24.4 Å². The fourth-order valence-electron chi connectivity index (χ4n) is 3.49. The van der Waals surface area contributed by atoms with Crippen molar-refractivity contribution in [3.8, 4) is 6.07 Å². The van der Waals surface area contributed by atoms with Crippen molar-refractivity contribution in [1.82, 2.24) is 9.36 Å². The monoisotopic (exact) mass is 465 g/mol. The van der Waals surface area contributed by atoms with E-state index in [0.29, 0.717) is 24.3 Å². The van der Waals surface area contributed by atoms with E-state index < -0.39 is 10.0 Å². The molecular formula is C20H31N7O2S2. The molecule has 0 aliphatic rings. The van der Waals surface area contributed by atoms with Crippen LogP contribution in [-0.4, -0.2) is 36.9 Å². The average Bonchev–Trinajstić information content (AvgIpc) is 3.16. The van der Waals surface area contributed by atoms with Crippen LogP contribution >= 0.6 is 11.5 Å². The van der Waals surface area contributed by atoms with Crippen molar-refractivity contribution in [3.63, 3.8) is 0 Å². The van der Waals surface area contributed by atoms with E-state index in [9.17, 15) is 13.7 Å². The minimum atomic E-state index is -3.89. The number of aromatic nitrogens is 2. The summed E-state index contributed by atoms with van der Waals surface area (Å²) in [5.41, 5.74) is 13.3. The van der Waals surface area contributed by atoms with E-state index in [2.05, 4.69) is 39.3 Å². The Bertz CT molecular complexity index is 1010. The summed E-state index contributed by atoms with van der Waals surface area (Å²) in [5, 5.41) is 13.1. The summed E-state index contributed by atoms with van der Waals surface area (Å²) < 4.78 is 31.7. The first-order valence-electron chi connectivity index (χ1n) is 10.0. The second-order valence-corrected chi connectivity index (χ2v) is 11.0. The summed E-state index contributed by atoms with van der Waals surface area (Å²) in [7, 11) is -3.89. The molecule has 6 N–H and O–H groups in total. The zero-order valence-corrected chi connectivity index (χ0v) is 20.0. The molecule has 0 fully saturated rings. The van der Waals surface area contributed by atoms with E-state index in [4.69, 9.17) is 11.5 Å². The Morgan fingerprint density at radius 1 is 1.35 bits per heavy atom. The van der Waals surface area contributed by atoms with Crippen LogP contribution in [0.1, 0.15) is 44.7 Å². The number of nitrogens with zero attached hydrogens (tertiary/aromatic N) is 3. The second-order valence-electron chi connectivity index (χ2n) is 8.53. The Balaban J connectivity index is 2.24. The fraction of sp³-hybridized carbons (Fsp3) is 0.550. The molecule has 2 atom stereocenters. The highest BCUT2D eigenvalue weighted by Crippen LogP contribution is 2.31. The van der Waals surface area contributed by atoms with Crippen molar-refractivity contribution in [2.75, 3.05) is 23.1 Å². The molecule has 11 heteroatoms. The lowest BCUT2D eigenvalue weighted by atomic mass is 9.78. The third-order valence-corrected chi connectivity index (χ3v) is 7.43. The van der Waals surface area contributed by atoms with E-state index in [-0.39, 0.29) is 33.0 Å². The average molecular weight is 466 g/mol. The molecule has 0 aliphatic carbocycles. The van der Waals surface area contributed by atoms with Crippen LogP contribution < -0.4 is 21.5 Å². The Hall–Kier alpha value is -2.26. The van der Waals surface area contributed by atoms with Gasteiger partial charge in [0, 0.05) is 24.1 Å². The molecule has 31 heavy (non-hydrogen) atoms. The van der Waals surface area contributed by atoms with Crippen LogP contribution in [0, 0.1) is 29.6 Å². The molecule has 2 rings (SSSR count). The Morgan fingerprint density at radius 3 is 2.61 bits per heavy atom. The minimum Gasteiger partial charge on any atom is -0.384 e. The van der Waals surface area contributed by atoms with Gasteiger partial charge in [0.25, 0.3) is 10.0 Å². The van der Waals surface area contributed by atoms with Gasteiger partial charge in [-0.1, -0.05) is 13.8 Å². The van der Waals surface area contributed by atoms with Crippen LogP contribution in [0.3, 0.4) is 0 Å². The third-order valence-electron chi connectivity index (χ3n) is 5.24. The summed E-state index contributed by atoms with van der Waals surface area (Å²) in [4.78, 5) is 3.87. The fourth-order valence-corrected chi connectivity index (χ4v) is 5.41. The van der Waals surface area contributed by atoms with Crippen molar-refractivity contribution in [2.24, 2.45) is 22.8 Å². The number of nitriles is 1. The maximum atomic E-state index is 12.7. The van der Waals surface area contributed by atoms with Crippen molar-refractivity contribution in [2.45, 2.75) is 51.5 Å². The molecule has 0 aliphatic heterocycles. The second kappa shape index (κ2) is 10.4. The zero-order chi connectivity index (χ0) is 23.2. The molecule has 0 saturated carbocycles. The van der Waals surface area contributed by atoms with Crippen molar-refractivity contribution in [3.05, 3.63) is 29.6 Å². The molecule has 0 amide bonds. The van der Waals surface area contributed by atoms with E-state index in [1.807, 2.05) is 6.92 Å². The van der Waals surface area contributed by atoms with Gasteiger partial charge in [-0.25, -0.2) is 13.4 Å². The quantitative estimate of drug-likeness (QED) is 0.394. The SMILES string of the molecule is Cc1cc(NC[C@H](CC(C)(C)CCN)[C@@H](C)N)c(C#N)cc1S(=O)(=O)Nc1ncns1. The van der Waals surface area contributed by atoms with E-state index in [1.54, 1.807) is 13.0 Å². The topological polar surface area (TPSA) is 160 Å². The first-order chi connectivity index (χ1) is 14.5. The van der Waals surface area contributed by atoms with Gasteiger partial charge in [-0.05, 0) is 62.3 Å². The normalized spacial score (nSPS) is 14.0. The first-order valence-corrected chi connectivity index (χ1v) is 12.3. The van der Waals surface area contributed by atoms with Crippen LogP contribution in [-0.2, 0) is 10.0 Å². The number of hydrogen-bond acceptors (Lipinski definition) is 9. The number of hydrogen-bond donors (Lipinski definition) is 4. The van der Waals surface area contributed by atoms with Crippen molar-refractivity contribution < 1.29 is 8.42 Å². The molecule has 1 heterocycles. The van der Waals surface area contributed by atoms with Gasteiger partial charge in [-0.2, -0.15) is 9.64 Å². The molecule has 170 valence electrons. The molecule has 0 saturated heterocycles. The summed E-state index contributed by atoms with van der Waals surface area (Å²) in [6.07, 6.45) is 3.05. The van der Waals surface area contributed by atoms with Crippen LogP contribution in [0.2, 0.25) is 0 Å². The largest absolute Gasteiger partial charge is 0.384 e. The maximum absolute atomic E-state index is 12.7. The summed E-state index contributed by atoms with van der Waals surface area (Å²) in [6.45, 7) is 9.18. The number of anilines is 2. The number of nitrogens with two attached hydrogens (primary N) is 2. The lowest BCUT2D eigenvalue weighted by Gasteiger charge is -2.32. The molecule has 9 nitrogen and oxygen atoms in total. The van der Waals surface area contributed by atoms with Gasteiger partial charge in [0.05, 0.1) is 16.1 Å². The van der Waals surface area contributed by atoms with E-state index in [1.165, 1.54) is 12.4 Å². The third kappa shape index (κ3) is 6.87. The van der Waals surface area contributed by atoms with Gasteiger partial charge in [-0.3, -0.25) is 4.72 Å². The number of nitrogens with one attached hydrogen (secondary N) is 2. The molecule has 0 unspecified atom stereocenters. The lowest BCUT2D eigenvalue weighted by molar-refractivity contribution is 0.239. The number of rotatable bonds is 11. The first kappa shape index (κ1) is 25.0. The number of benzene rings is 1. The Labute approximate surface area is 188 Å². The smallest absolute Gasteiger partial charge is 0.264 e. The van der Waals surface area contributed by atoms with Crippen LogP contribution in [0.25, 0.3) is 0 Å². The standard InChI is InChI=1S/C20H31N7O2S2/c1-13-7-17(24-11-16(14(2)23)9-20(3,4)5-6-21)15(10-22)8-18(13)31(28,29)27-19-25-12-26-30-19/h7-8,12,14,16,24H,5-6,9,11,21,23H2,1-4H3,(H,25,26,27)/t14-,16+/m1/s1. The van der Waals surface area contributed by atoms with Crippen molar-refractivity contribution >= 4 is 32.4 Å². The highest BCUT2D eigenvalue weighted by Gasteiger charge is 2.26. The molecule has 0 radical (unpaired) electrons. The minimum absolute atomic E-state index is 0.0256. The highest BCUT2D eigenvalue weighted by atomic mass is 32.2. The van der Waals surface area contributed by atoms with Gasteiger partial charge in [0.2, 0.25) is 5.13 Å². The van der Waals surface area contributed by atoms with Crippen LogP contribution in [0.15, 0.2) is 23.4 Å². The summed E-state index contributed by atoms with van der Waals surface area (Å²) >= 11 is 0.937. The van der Waals surface area contributed by atoms with Crippen molar-refractivity contribution in [1.29, 1.82) is 5.26 Å². The molecule has 0 bridgehead atoms. The highest BCUT2D eigenvalue weighted by molar-refractivity contribution is 7.93. The number of aryl methyl sites for hydroxylation is 1. The number of sulfonamides is 1. The maximum Gasteiger partial charge on any atom is 0.264 e. The van der Waals surface area contributed by atoms with Gasteiger partial charge < -0.3 is 16.8 Å². The molecule has 0 spiro atoms. The van der Waals surface area contributed by atoms with Gasteiger partial charge in [0.1, 0.15) is 12.4 Å². The predicted molar refractivity (Wildman–Crippen MR) is 124 cm³/mol. The van der Waals surface area contributed by atoms with Crippen LogP contribution in [0.5, 0.6) is 0 Å². The van der Waals surface area contributed by atoms with Gasteiger partial charge in [0.15, 0.2) is 0 Å². The lowest BCUT2D eigenvalue weighted by Crippen LogP contribution is -2.36. The Morgan fingerprint density at radius 2 is 2.06 bits per heavy atom. The summed E-state index contributed by atoms with van der Waals surface area (Å²) in [5.74, 6) is 0.163. The van der Waals surface area contributed by atoms with Gasteiger partial charge >= 0.3 is 0 Å².